The zero-order valence-electron chi connectivity index (χ0n) is 8.72. The van der Waals surface area contributed by atoms with Crippen molar-refractivity contribution in [3.05, 3.63) is 50.5 Å². The second-order valence-electron chi connectivity index (χ2n) is 3.36. The third-order valence-corrected chi connectivity index (χ3v) is 3.02. The van der Waals surface area contributed by atoms with Gasteiger partial charge in [-0.2, -0.15) is 0 Å². The van der Waals surface area contributed by atoms with Gasteiger partial charge in [0.25, 0.3) is 5.69 Å². The average molecular weight is 272 g/mol. The number of nitrogens with zero attached hydrogens (tertiary/aromatic N) is 3. The van der Waals surface area contributed by atoms with E-state index in [-0.39, 0.29) is 15.7 Å². The van der Waals surface area contributed by atoms with Crippen molar-refractivity contribution in [2.75, 3.05) is 0 Å². The first-order chi connectivity index (χ1) is 8.00. The van der Waals surface area contributed by atoms with E-state index in [1.165, 1.54) is 12.1 Å². The molecule has 0 spiro atoms. The number of aryl methyl sites for hydroxylation is 1. The van der Waals surface area contributed by atoms with Gasteiger partial charge in [-0.05, 0) is 13.0 Å². The molecule has 0 aliphatic rings. The van der Waals surface area contributed by atoms with Crippen LogP contribution in [0.4, 0.5) is 5.69 Å². The van der Waals surface area contributed by atoms with Crippen molar-refractivity contribution in [2.45, 2.75) is 6.92 Å². The van der Waals surface area contributed by atoms with Crippen LogP contribution in [0.5, 0.6) is 0 Å². The summed E-state index contributed by atoms with van der Waals surface area (Å²) in [4.78, 5) is 14.5. The molecule has 0 saturated carbocycles. The van der Waals surface area contributed by atoms with Crippen LogP contribution in [0, 0.1) is 17.0 Å². The van der Waals surface area contributed by atoms with Crippen LogP contribution >= 0.6 is 23.2 Å². The molecule has 0 aliphatic heterocycles. The van der Waals surface area contributed by atoms with E-state index in [0.717, 1.165) is 0 Å². The van der Waals surface area contributed by atoms with Crippen LogP contribution in [0.25, 0.3) is 5.69 Å². The highest BCUT2D eigenvalue weighted by Gasteiger charge is 2.19. The Bertz CT molecular complexity index is 595. The highest BCUT2D eigenvalue weighted by atomic mass is 35.5. The van der Waals surface area contributed by atoms with Crippen LogP contribution in [0.1, 0.15) is 5.82 Å². The van der Waals surface area contributed by atoms with Crippen molar-refractivity contribution in [2.24, 2.45) is 0 Å². The lowest BCUT2D eigenvalue weighted by molar-refractivity contribution is -0.384. The third kappa shape index (κ3) is 2.11. The van der Waals surface area contributed by atoms with E-state index >= 15 is 0 Å². The molecule has 1 heterocycles. The highest BCUT2D eigenvalue weighted by molar-refractivity contribution is 6.42. The minimum Gasteiger partial charge on any atom is -0.298 e. The molecule has 0 fully saturated rings. The Morgan fingerprint density at radius 2 is 2.00 bits per heavy atom. The quantitative estimate of drug-likeness (QED) is 0.621. The number of hydrogen-bond donors (Lipinski definition) is 0. The molecule has 2 aromatic rings. The molecule has 0 bridgehead atoms. The number of aromatic nitrogens is 2. The van der Waals surface area contributed by atoms with Gasteiger partial charge in [-0.25, -0.2) is 4.98 Å². The van der Waals surface area contributed by atoms with Crippen molar-refractivity contribution in [1.29, 1.82) is 0 Å². The van der Waals surface area contributed by atoms with Crippen molar-refractivity contribution < 1.29 is 4.92 Å². The molecular formula is C10H7Cl2N3O2. The van der Waals surface area contributed by atoms with E-state index in [1.807, 2.05) is 0 Å². The Morgan fingerprint density at radius 3 is 2.53 bits per heavy atom. The Labute approximate surface area is 107 Å². The largest absolute Gasteiger partial charge is 0.298 e. The predicted molar refractivity (Wildman–Crippen MR) is 65.0 cm³/mol. The summed E-state index contributed by atoms with van der Waals surface area (Å²) in [7, 11) is 0. The average Bonchev–Trinajstić information content (AvgIpc) is 2.67. The molecule has 0 atom stereocenters. The summed E-state index contributed by atoms with van der Waals surface area (Å²) < 4.78 is 1.58. The maximum absolute atomic E-state index is 11.0. The number of nitro groups is 1. The molecule has 1 aromatic carbocycles. The minimum absolute atomic E-state index is 0.111. The van der Waals surface area contributed by atoms with Gasteiger partial charge in [0.05, 0.1) is 15.0 Å². The van der Waals surface area contributed by atoms with Gasteiger partial charge in [0.15, 0.2) is 0 Å². The van der Waals surface area contributed by atoms with Crippen molar-refractivity contribution in [3.63, 3.8) is 0 Å². The summed E-state index contributed by atoms with van der Waals surface area (Å²) in [5.74, 6) is 0.631. The van der Waals surface area contributed by atoms with Gasteiger partial charge in [-0.3, -0.25) is 14.7 Å². The summed E-state index contributed by atoms with van der Waals surface area (Å²) in [5, 5.41) is 11.4. The van der Waals surface area contributed by atoms with Gasteiger partial charge in [-0.1, -0.05) is 23.2 Å². The lowest BCUT2D eigenvalue weighted by atomic mass is 10.2. The first-order valence-electron chi connectivity index (χ1n) is 4.64. The molecule has 2 rings (SSSR count). The van der Waals surface area contributed by atoms with E-state index in [2.05, 4.69) is 4.98 Å². The van der Waals surface area contributed by atoms with Crippen LogP contribution in [0.2, 0.25) is 10.0 Å². The smallest absolute Gasteiger partial charge is 0.294 e. The number of rotatable bonds is 2. The van der Waals surface area contributed by atoms with Crippen LogP contribution in [-0.2, 0) is 0 Å². The van der Waals surface area contributed by atoms with E-state index in [9.17, 15) is 10.1 Å². The van der Waals surface area contributed by atoms with Crippen molar-refractivity contribution >= 4 is 28.9 Å². The van der Waals surface area contributed by atoms with Crippen LogP contribution in [0.15, 0.2) is 24.5 Å². The van der Waals surface area contributed by atoms with Gasteiger partial charge < -0.3 is 0 Å². The molecule has 0 N–H and O–H groups in total. The SMILES string of the molecule is Cc1nccn1-c1cc(Cl)c(Cl)cc1[N+](=O)[O-]. The number of imidazole rings is 1. The standard InChI is InChI=1S/C10H7Cl2N3O2/c1-6-13-2-3-14(6)9-4-7(11)8(12)5-10(9)15(16)17/h2-5H,1H3. The lowest BCUT2D eigenvalue weighted by Gasteiger charge is -2.07. The summed E-state index contributed by atoms with van der Waals surface area (Å²) in [6.45, 7) is 1.74. The number of halogens is 2. The van der Waals surface area contributed by atoms with Gasteiger partial charge >= 0.3 is 0 Å². The fourth-order valence-electron chi connectivity index (χ4n) is 1.50. The van der Waals surface area contributed by atoms with E-state index in [0.29, 0.717) is 11.5 Å². The van der Waals surface area contributed by atoms with Crippen molar-refractivity contribution in [1.82, 2.24) is 9.55 Å². The zero-order valence-corrected chi connectivity index (χ0v) is 10.2. The fourth-order valence-corrected chi connectivity index (χ4v) is 1.81. The zero-order chi connectivity index (χ0) is 12.6. The Hall–Kier alpha value is -1.59. The Kier molecular flexibility index (Phi) is 3.04. The number of nitro benzene ring substituents is 1. The van der Waals surface area contributed by atoms with Crippen molar-refractivity contribution in [3.8, 4) is 5.69 Å². The Balaban J connectivity index is 2.72. The van der Waals surface area contributed by atoms with Crippen LogP contribution < -0.4 is 0 Å². The predicted octanol–water partition coefficient (Wildman–Crippen LogP) is 3.40. The first-order valence-corrected chi connectivity index (χ1v) is 5.40. The second-order valence-corrected chi connectivity index (χ2v) is 4.17. The fraction of sp³-hybridized carbons (Fsp3) is 0.100. The molecule has 7 heteroatoms. The van der Waals surface area contributed by atoms with Crippen LogP contribution in [0.3, 0.4) is 0 Å². The lowest BCUT2D eigenvalue weighted by Crippen LogP contribution is -2.01. The van der Waals surface area contributed by atoms with Gasteiger partial charge in [0.1, 0.15) is 11.5 Å². The molecule has 1 aromatic heterocycles. The Morgan fingerprint density at radius 1 is 1.35 bits per heavy atom. The monoisotopic (exact) mass is 271 g/mol. The normalized spacial score (nSPS) is 10.5. The summed E-state index contributed by atoms with van der Waals surface area (Å²) in [6.07, 6.45) is 3.18. The summed E-state index contributed by atoms with van der Waals surface area (Å²) in [5.41, 5.74) is 0.236. The molecule has 88 valence electrons. The molecule has 0 saturated heterocycles. The topological polar surface area (TPSA) is 61.0 Å². The number of benzene rings is 1. The van der Waals surface area contributed by atoms with Gasteiger partial charge in [-0.15, -0.1) is 0 Å². The third-order valence-electron chi connectivity index (χ3n) is 2.30. The second kappa shape index (κ2) is 4.35. The molecular weight excluding hydrogens is 265 g/mol. The molecule has 0 amide bonds. The van der Waals surface area contributed by atoms with Crippen LogP contribution in [-0.4, -0.2) is 14.5 Å². The molecule has 0 aliphatic carbocycles. The first kappa shape index (κ1) is 11.9. The van der Waals surface area contributed by atoms with E-state index in [1.54, 1.807) is 23.9 Å². The van der Waals surface area contributed by atoms with Gasteiger partial charge in [0, 0.05) is 18.5 Å². The molecule has 0 radical (unpaired) electrons. The molecule has 0 unspecified atom stereocenters. The molecule has 17 heavy (non-hydrogen) atoms. The maximum atomic E-state index is 11.0. The summed E-state index contributed by atoms with van der Waals surface area (Å²) in [6, 6.07) is 2.69. The highest BCUT2D eigenvalue weighted by Crippen LogP contribution is 2.33. The van der Waals surface area contributed by atoms with Gasteiger partial charge in [0.2, 0.25) is 0 Å². The number of hydrogen-bond acceptors (Lipinski definition) is 3. The minimum atomic E-state index is -0.503. The maximum Gasteiger partial charge on any atom is 0.294 e. The molecule has 5 nitrogen and oxygen atoms in total. The summed E-state index contributed by atoms with van der Waals surface area (Å²) >= 11 is 11.6. The van der Waals surface area contributed by atoms with E-state index < -0.39 is 4.92 Å². The van der Waals surface area contributed by atoms with E-state index in [4.69, 9.17) is 23.2 Å².